The number of carboxylic acids is 1. The summed E-state index contributed by atoms with van der Waals surface area (Å²) < 4.78 is 2.39. The molecule has 7 nitrogen and oxygen atoms in total. The summed E-state index contributed by atoms with van der Waals surface area (Å²) >= 11 is 16.4. The average Bonchev–Trinajstić information content (AvgIpc) is 3.41. The van der Waals surface area contributed by atoms with Gasteiger partial charge in [0.2, 0.25) is 0 Å². The quantitative estimate of drug-likeness (QED) is 0.332. The molecule has 1 fully saturated rings. The molecule has 3 aromatic rings. The second-order valence-corrected chi connectivity index (χ2v) is 8.96. The van der Waals surface area contributed by atoms with E-state index < -0.39 is 5.97 Å². The van der Waals surface area contributed by atoms with Crippen LogP contribution in [0.5, 0.6) is 0 Å². The lowest BCUT2D eigenvalue weighted by Crippen LogP contribution is -2.30. The molecule has 10 heteroatoms. The fourth-order valence-corrected chi connectivity index (χ4v) is 4.93. The molecule has 1 N–H and O–H groups in total. The highest BCUT2D eigenvalue weighted by molar-refractivity contribution is 9.10. The summed E-state index contributed by atoms with van der Waals surface area (Å²) in [5.74, 6) is 0.0682. The first-order valence-electron chi connectivity index (χ1n) is 9.77. The van der Waals surface area contributed by atoms with Crippen molar-refractivity contribution >= 4 is 61.8 Å². The molecule has 0 amide bonds. The molecule has 1 aromatic carbocycles. The maximum atomic E-state index is 10.8. The van der Waals surface area contributed by atoms with Crippen LogP contribution < -0.4 is 4.90 Å². The van der Waals surface area contributed by atoms with Gasteiger partial charge in [-0.1, -0.05) is 29.6 Å². The minimum atomic E-state index is -0.746. The van der Waals surface area contributed by atoms with Crippen LogP contribution in [0.15, 0.2) is 29.3 Å². The van der Waals surface area contributed by atoms with Crippen molar-refractivity contribution in [2.45, 2.75) is 44.6 Å². The van der Waals surface area contributed by atoms with Crippen molar-refractivity contribution in [3.05, 3.63) is 39.3 Å². The first kappa shape index (κ1) is 21.3. The molecule has 2 aromatic heterocycles. The molecule has 4 rings (SSSR count). The standard InChI is InChI=1S/C20H20BrCl2N5O2/c21-14-8-13-15(28-11-24-10-25-28)9-16(26-20(13)19(23)18(14)22)27-7-3-5-12(27)4-1-2-6-17(29)30/h8-12H,1-7H2,(H,29,30)/t12-/m1/s1. The highest BCUT2D eigenvalue weighted by Crippen LogP contribution is 2.40. The van der Waals surface area contributed by atoms with E-state index in [1.807, 2.05) is 12.1 Å². The van der Waals surface area contributed by atoms with Crippen molar-refractivity contribution in [2.75, 3.05) is 11.4 Å². The zero-order chi connectivity index (χ0) is 21.3. The van der Waals surface area contributed by atoms with Gasteiger partial charge in [0.15, 0.2) is 0 Å². The Morgan fingerprint density at radius 2 is 2.10 bits per heavy atom. The van der Waals surface area contributed by atoms with E-state index in [2.05, 4.69) is 30.9 Å². The predicted octanol–water partition coefficient (Wildman–Crippen LogP) is 5.50. The molecule has 158 valence electrons. The number of carboxylic acid groups (broad SMARTS) is 1. The van der Waals surface area contributed by atoms with Crippen LogP contribution in [0, 0.1) is 0 Å². The number of rotatable bonds is 7. The van der Waals surface area contributed by atoms with Crippen molar-refractivity contribution in [3.8, 4) is 5.69 Å². The lowest BCUT2D eigenvalue weighted by molar-refractivity contribution is -0.137. The first-order chi connectivity index (χ1) is 14.5. The van der Waals surface area contributed by atoms with Gasteiger partial charge in [-0.15, -0.1) is 0 Å². The van der Waals surface area contributed by atoms with E-state index in [0.29, 0.717) is 32.5 Å². The number of pyridine rings is 1. The third-order valence-corrected chi connectivity index (χ3v) is 7.13. The van der Waals surface area contributed by atoms with Crippen LogP contribution in [0.2, 0.25) is 10.0 Å². The van der Waals surface area contributed by atoms with Gasteiger partial charge in [-0.25, -0.2) is 14.6 Å². The largest absolute Gasteiger partial charge is 0.481 e. The number of aliphatic carboxylic acids is 1. The maximum absolute atomic E-state index is 10.8. The lowest BCUT2D eigenvalue weighted by Gasteiger charge is -2.27. The summed E-state index contributed by atoms with van der Waals surface area (Å²) in [4.78, 5) is 22.0. The Morgan fingerprint density at radius 1 is 1.27 bits per heavy atom. The third kappa shape index (κ3) is 4.26. The van der Waals surface area contributed by atoms with E-state index in [1.165, 1.54) is 6.33 Å². The van der Waals surface area contributed by atoms with E-state index in [0.717, 1.165) is 49.1 Å². The van der Waals surface area contributed by atoms with Gasteiger partial charge in [-0.3, -0.25) is 4.79 Å². The number of aromatic nitrogens is 4. The first-order valence-corrected chi connectivity index (χ1v) is 11.3. The molecule has 0 aliphatic carbocycles. The predicted molar refractivity (Wildman–Crippen MR) is 121 cm³/mol. The SMILES string of the molecule is O=C(O)CCCC[C@@H]1CCCN1c1cc(-n2cncn2)c2cc(Br)c(Cl)c(Cl)c2n1. The van der Waals surface area contributed by atoms with Crippen LogP contribution in [0.3, 0.4) is 0 Å². The number of carbonyl (C=O) groups is 1. The molecular weight excluding hydrogens is 493 g/mol. The number of nitrogens with zero attached hydrogens (tertiary/aromatic N) is 5. The number of benzene rings is 1. The second-order valence-electron chi connectivity index (χ2n) is 7.35. The molecule has 1 atom stereocenters. The van der Waals surface area contributed by atoms with Crippen LogP contribution in [0.4, 0.5) is 5.82 Å². The number of unbranched alkanes of at least 4 members (excludes halogenated alkanes) is 1. The Balaban J connectivity index is 1.73. The minimum Gasteiger partial charge on any atom is -0.481 e. The van der Waals surface area contributed by atoms with Gasteiger partial charge in [-0.05, 0) is 47.7 Å². The van der Waals surface area contributed by atoms with Crippen molar-refractivity contribution in [2.24, 2.45) is 0 Å². The second kappa shape index (κ2) is 9.08. The van der Waals surface area contributed by atoms with Crippen molar-refractivity contribution < 1.29 is 9.90 Å². The van der Waals surface area contributed by atoms with Gasteiger partial charge in [0.05, 0.1) is 21.2 Å². The van der Waals surface area contributed by atoms with E-state index in [1.54, 1.807) is 11.0 Å². The highest BCUT2D eigenvalue weighted by Gasteiger charge is 2.27. The molecular formula is C20H20BrCl2N5O2. The zero-order valence-corrected chi connectivity index (χ0v) is 19.2. The van der Waals surface area contributed by atoms with Crippen molar-refractivity contribution in [3.63, 3.8) is 0 Å². The molecule has 1 aliphatic rings. The molecule has 1 aliphatic heterocycles. The van der Waals surface area contributed by atoms with Crippen molar-refractivity contribution in [1.82, 2.24) is 19.7 Å². The maximum Gasteiger partial charge on any atom is 0.303 e. The van der Waals surface area contributed by atoms with Gasteiger partial charge in [0.25, 0.3) is 0 Å². The van der Waals surface area contributed by atoms with E-state index in [4.69, 9.17) is 33.3 Å². The highest BCUT2D eigenvalue weighted by atomic mass is 79.9. The molecule has 0 unspecified atom stereocenters. The van der Waals surface area contributed by atoms with Gasteiger partial charge in [-0.2, -0.15) is 5.10 Å². The topological polar surface area (TPSA) is 84.1 Å². The fourth-order valence-electron chi connectivity index (χ4n) is 4.00. The van der Waals surface area contributed by atoms with Crippen LogP contribution in [-0.4, -0.2) is 43.4 Å². The lowest BCUT2D eigenvalue weighted by atomic mass is 10.1. The average molecular weight is 513 g/mol. The summed E-state index contributed by atoms with van der Waals surface area (Å²) in [6, 6.07) is 4.21. The number of hydrogen-bond acceptors (Lipinski definition) is 5. The van der Waals surface area contributed by atoms with Gasteiger partial charge in [0, 0.05) is 34.9 Å². The number of hydrogen-bond donors (Lipinski definition) is 1. The monoisotopic (exact) mass is 511 g/mol. The van der Waals surface area contributed by atoms with Gasteiger partial charge < -0.3 is 10.0 Å². The summed E-state index contributed by atoms with van der Waals surface area (Å²) in [5, 5.41) is 14.8. The Hall–Kier alpha value is -1.90. The smallest absolute Gasteiger partial charge is 0.303 e. The Morgan fingerprint density at radius 3 is 2.83 bits per heavy atom. The van der Waals surface area contributed by atoms with E-state index in [9.17, 15) is 4.79 Å². The van der Waals surface area contributed by atoms with Crippen LogP contribution in [0.25, 0.3) is 16.6 Å². The molecule has 0 bridgehead atoms. The molecule has 1 saturated heterocycles. The zero-order valence-electron chi connectivity index (χ0n) is 16.1. The Labute approximate surface area is 192 Å². The molecule has 0 spiro atoms. The van der Waals surface area contributed by atoms with Crippen LogP contribution in [0.1, 0.15) is 38.5 Å². The molecule has 0 saturated carbocycles. The minimum absolute atomic E-state index is 0.209. The van der Waals surface area contributed by atoms with Crippen molar-refractivity contribution in [1.29, 1.82) is 0 Å². The number of fused-ring (bicyclic) bond motifs is 1. The van der Waals surface area contributed by atoms with Crippen LogP contribution in [-0.2, 0) is 4.79 Å². The number of anilines is 1. The molecule has 0 radical (unpaired) electrons. The summed E-state index contributed by atoms with van der Waals surface area (Å²) in [5.41, 5.74) is 1.44. The van der Waals surface area contributed by atoms with E-state index in [-0.39, 0.29) is 6.42 Å². The normalized spacial score (nSPS) is 16.5. The number of halogens is 3. The van der Waals surface area contributed by atoms with Gasteiger partial charge >= 0.3 is 5.97 Å². The third-order valence-electron chi connectivity index (χ3n) is 5.42. The van der Waals surface area contributed by atoms with Crippen LogP contribution >= 0.6 is 39.1 Å². The summed E-state index contributed by atoms with van der Waals surface area (Å²) in [7, 11) is 0. The summed E-state index contributed by atoms with van der Waals surface area (Å²) in [6.45, 7) is 0.890. The Kier molecular flexibility index (Phi) is 6.46. The summed E-state index contributed by atoms with van der Waals surface area (Å²) in [6.07, 6.45) is 7.95. The fraction of sp³-hybridized carbons (Fsp3) is 0.400. The molecule has 3 heterocycles. The van der Waals surface area contributed by atoms with Gasteiger partial charge in [0.1, 0.15) is 18.5 Å². The van der Waals surface area contributed by atoms with E-state index >= 15 is 0 Å². The molecule has 30 heavy (non-hydrogen) atoms. The Bertz CT molecular complexity index is 1080.